The number of likely N-dealkylation sites (tertiary alicyclic amines) is 1. The highest BCUT2D eigenvalue weighted by Crippen LogP contribution is 2.50. The first-order valence-corrected chi connectivity index (χ1v) is 12.5. The number of halogens is 3. The zero-order valence-corrected chi connectivity index (χ0v) is 21.2. The summed E-state index contributed by atoms with van der Waals surface area (Å²) in [7, 11) is 0. The highest BCUT2D eigenvalue weighted by Gasteiger charge is 2.53. The summed E-state index contributed by atoms with van der Waals surface area (Å²) >= 11 is 6.18. The molecule has 0 aliphatic carbocycles. The predicted molar refractivity (Wildman–Crippen MR) is 137 cm³/mol. The number of aromatic nitrogens is 2. The van der Waals surface area contributed by atoms with Gasteiger partial charge in [0, 0.05) is 22.7 Å². The maximum atomic E-state index is 17.2. The van der Waals surface area contributed by atoms with Crippen LogP contribution in [0.15, 0.2) is 77.6 Å². The van der Waals surface area contributed by atoms with Crippen molar-refractivity contribution in [3.63, 3.8) is 0 Å². The van der Waals surface area contributed by atoms with E-state index in [0.29, 0.717) is 23.8 Å². The summed E-state index contributed by atoms with van der Waals surface area (Å²) in [6.07, 6.45) is 1.81. The van der Waals surface area contributed by atoms with Crippen LogP contribution in [0.5, 0.6) is 0 Å². The molecule has 1 aliphatic rings. The van der Waals surface area contributed by atoms with Crippen molar-refractivity contribution < 1.29 is 13.3 Å². The fourth-order valence-corrected chi connectivity index (χ4v) is 5.45. The predicted octanol–water partition coefficient (Wildman–Crippen LogP) is 7.09. The molecule has 37 heavy (non-hydrogen) atoms. The molecule has 1 aromatic heterocycles. The fourth-order valence-electron chi connectivity index (χ4n) is 5.32. The van der Waals surface area contributed by atoms with E-state index in [4.69, 9.17) is 16.1 Å². The summed E-state index contributed by atoms with van der Waals surface area (Å²) in [5.74, 6) is -0.884. The zero-order valence-electron chi connectivity index (χ0n) is 20.4. The summed E-state index contributed by atoms with van der Waals surface area (Å²) in [6, 6.07) is 20.5. The Balaban J connectivity index is 1.62. The molecule has 1 aliphatic heterocycles. The molecule has 0 radical (unpaired) electrons. The van der Waals surface area contributed by atoms with Crippen LogP contribution in [0.25, 0.3) is 11.4 Å². The number of hydrogen-bond donors (Lipinski definition) is 0. The van der Waals surface area contributed by atoms with Gasteiger partial charge in [0.05, 0.1) is 17.6 Å². The third-order valence-corrected chi connectivity index (χ3v) is 7.51. The number of hydrogen-bond acceptors (Lipinski definition) is 5. The quantitative estimate of drug-likeness (QED) is 0.261. The van der Waals surface area contributed by atoms with Crippen molar-refractivity contribution in [1.29, 1.82) is 5.26 Å². The Morgan fingerprint density at radius 1 is 1.11 bits per heavy atom. The second-order valence-electron chi connectivity index (χ2n) is 9.58. The van der Waals surface area contributed by atoms with E-state index in [1.807, 2.05) is 54.6 Å². The average molecular weight is 519 g/mol. The Hall–Kier alpha value is -3.60. The summed E-state index contributed by atoms with van der Waals surface area (Å²) < 4.78 is 37.5. The third kappa shape index (κ3) is 4.41. The lowest BCUT2D eigenvalue weighted by Crippen LogP contribution is -2.60. The van der Waals surface area contributed by atoms with E-state index in [2.05, 4.69) is 15.0 Å². The number of nitrogens with zero attached hydrogens (tertiary/aromatic N) is 4. The van der Waals surface area contributed by atoms with Crippen molar-refractivity contribution >= 4 is 11.6 Å². The van der Waals surface area contributed by atoms with Crippen molar-refractivity contribution in [2.24, 2.45) is 5.92 Å². The molecule has 8 heteroatoms. The maximum Gasteiger partial charge on any atom is 0.214 e. The molecule has 0 bridgehead atoms. The van der Waals surface area contributed by atoms with E-state index >= 15 is 8.78 Å². The number of benzene rings is 3. The Morgan fingerprint density at radius 2 is 1.86 bits per heavy atom. The minimum absolute atomic E-state index is 0.0772. The van der Waals surface area contributed by atoms with Crippen LogP contribution in [-0.2, 0) is 5.67 Å². The van der Waals surface area contributed by atoms with Crippen LogP contribution in [0.1, 0.15) is 48.6 Å². The van der Waals surface area contributed by atoms with Crippen molar-refractivity contribution in [2.45, 2.75) is 38.0 Å². The molecule has 1 fully saturated rings. The van der Waals surface area contributed by atoms with Crippen molar-refractivity contribution in [2.75, 3.05) is 6.54 Å². The van der Waals surface area contributed by atoms with Gasteiger partial charge in [-0.1, -0.05) is 73.1 Å². The molecular formula is C29H25ClF2N4O. The Kier molecular flexibility index (Phi) is 6.80. The molecule has 5 rings (SSSR count). The van der Waals surface area contributed by atoms with Crippen LogP contribution < -0.4 is 0 Å². The first kappa shape index (κ1) is 25.1. The summed E-state index contributed by atoms with van der Waals surface area (Å²) in [5, 5.41) is 13.9. The third-order valence-electron chi connectivity index (χ3n) is 7.26. The van der Waals surface area contributed by atoms with Gasteiger partial charge in [0.25, 0.3) is 0 Å². The highest BCUT2D eigenvalue weighted by molar-refractivity contribution is 6.30. The number of nitriles is 1. The van der Waals surface area contributed by atoms with Gasteiger partial charge in [0.1, 0.15) is 11.9 Å². The van der Waals surface area contributed by atoms with Crippen LogP contribution in [-0.4, -0.2) is 27.6 Å². The molecule has 3 aromatic carbocycles. The van der Waals surface area contributed by atoms with E-state index in [9.17, 15) is 5.26 Å². The number of alkyl halides is 1. The van der Waals surface area contributed by atoms with Gasteiger partial charge >= 0.3 is 0 Å². The van der Waals surface area contributed by atoms with Gasteiger partial charge in [0.15, 0.2) is 5.67 Å². The molecule has 0 spiro atoms. The molecular weight excluding hydrogens is 494 g/mol. The lowest BCUT2D eigenvalue weighted by atomic mass is 9.72. The van der Waals surface area contributed by atoms with Gasteiger partial charge in [-0.15, -0.1) is 0 Å². The topological polar surface area (TPSA) is 66.0 Å². The largest absolute Gasteiger partial charge is 0.342 e. The maximum absolute atomic E-state index is 17.2. The molecule has 1 unspecified atom stereocenters. The molecule has 188 valence electrons. The van der Waals surface area contributed by atoms with Gasteiger partial charge < -0.3 is 4.52 Å². The van der Waals surface area contributed by atoms with E-state index in [1.165, 1.54) is 18.5 Å². The lowest BCUT2D eigenvalue weighted by molar-refractivity contribution is -0.0865. The van der Waals surface area contributed by atoms with E-state index < -0.39 is 23.4 Å². The van der Waals surface area contributed by atoms with E-state index in [0.717, 1.165) is 16.7 Å². The standard InChI is InChI=1S/C29H25ClF2N4O/c1-18(2)29(32,24-8-4-7-22(16-33)26(24)31)25-13-14-36(25)27(19-9-11-23(30)12-10-19)20-5-3-6-21(15-20)28-34-17-37-35-28/h3-12,15,17-18,25,27H,13-14H2,1-2H3/t25?,27-,29-/m0/s1. The first-order chi connectivity index (χ1) is 17.8. The molecule has 2 heterocycles. The summed E-state index contributed by atoms with van der Waals surface area (Å²) in [5.41, 5.74) is 0.346. The van der Waals surface area contributed by atoms with Crippen LogP contribution in [0.2, 0.25) is 5.02 Å². The summed E-state index contributed by atoms with van der Waals surface area (Å²) in [6.45, 7) is 4.12. The smallest absolute Gasteiger partial charge is 0.214 e. The van der Waals surface area contributed by atoms with Gasteiger partial charge in [-0.2, -0.15) is 10.2 Å². The molecule has 5 nitrogen and oxygen atoms in total. The first-order valence-electron chi connectivity index (χ1n) is 12.1. The SMILES string of the molecule is CC(C)[C@](F)(c1cccc(C#N)c1F)C1CCN1[C@@H](c1ccc(Cl)cc1)c1cccc(-c2ncon2)c1. The average Bonchev–Trinajstić information content (AvgIpc) is 3.42. The van der Waals surface area contributed by atoms with Gasteiger partial charge in [-0.25, -0.2) is 8.78 Å². The molecule has 3 atom stereocenters. The van der Waals surface area contributed by atoms with Crippen LogP contribution in [0.4, 0.5) is 8.78 Å². The molecule has 4 aromatic rings. The lowest BCUT2D eigenvalue weighted by Gasteiger charge is -2.53. The molecule has 0 saturated carbocycles. The molecule has 0 N–H and O–H groups in total. The van der Waals surface area contributed by atoms with Gasteiger partial charge in [0.2, 0.25) is 12.2 Å². The molecule has 0 amide bonds. The van der Waals surface area contributed by atoms with Gasteiger partial charge in [-0.05, 0) is 47.7 Å². The van der Waals surface area contributed by atoms with Crippen molar-refractivity contribution in [3.8, 4) is 17.5 Å². The Bertz CT molecular complexity index is 1440. The Labute approximate surface area is 219 Å². The summed E-state index contributed by atoms with van der Waals surface area (Å²) in [4.78, 5) is 6.22. The normalized spacial score (nSPS) is 18.1. The monoisotopic (exact) mass is 518 g/mol. The minimum atomic E-state index is -2.02. The highest BCUT2D eigenvalue weighted by atomic mass is 35.5. The second kappa shape index (κ2) is 10.0. The Morgan fingerprint density at radius 3 is 2.49 bits per heavy atom. The van der Waals surface area contributed by atoms with E-state index in [1.54, 1.807) is 19.9 Å². The van der Waals surface area contributed by atoms with Crippen LogP contribution in [0.3, 0.4) is 0 Å². The van der Waals surface area contributed by atoms with Crippen molar-refractivity contribution in [1.82, 2.24) is 15.0 Å². The van der Waals surface area contributed by atoms with Gasteiger partial charge in [-0.3, -0.25) is 4.90 Å². The number of rotatable bonds is 7. The van der Waals surface area contributed by atoms with Crippen LogP contribution >= 0.6 is 11.6 Å². The fraction of sp³-hybridized carbons (Fsp3) is 0.276. The van der Waals surface area contributed by atoms with E-state index in [-0.39, 0.29) is 17.2 Å². The molecule has 1 saturated heterocycles. The zero-order chi connectivity index (χ0) is 26.2. The van der Waals surface area contributed by atoms with Crippen molar-refractivity contribution in [3.05, 3.63) is 106 Å². The second-order valence-corrected chi connectivity index (χ2v) is 10.0. The minimum Gasteiger partial charge on any atom is -0.342 e. The van der Waals surface area contributed by atoms with Crippen LogP contribution in [0, 0.1) is 23.1 Å².